The lowest BCUT2D eigenvalue weighted by Gasteiger charge is -2.38. The number of likely N-dealkylation sites (tertiary alicyclic amines) is 1. The molecule has 1 saturated carbocycles. The molecule has 0 unspecified atom stereocenters. The number of rotatable bonds is 3. The molecular weight excluding hydrogens is 392 g/mol. The van der Waals surface area contributed by atoms with Crippen molar-refractivity contribution in [3.05, 3.63) is 35.6 Å². The maximum absolute atomic E-state index is 13.2. The summed E-state index contributed by atoms with van der Waals surface area (Å²) in [5.74, 6) is 0.785. The largest absolute Gasteiger partial charge is 0.357 e. The minimum absolute atomic E-state index is 0. The Morgan fingerprint density at radius 1 is 1.36 bits per heavy atom. The van der Waals surface area contributed by atoms with Crippen molar-refractivity contribution in [2.24, 2.45) is 10.4 Å². The van der Waals surface area contributed by atoms with Crippen molar-refractivity contribution in [1.29, 1.82) is 0 Å². The number of hydrogen-bond acceptors (Lipinski definition) is 1. The average molecular weight is 417 g/mol. The van der Waals surface area contributed by atoms with Crippen LogP contribution in [0.2, 0.25) is 0 Å². The van der Waals surface area contributed by atoms with Gasteiger partial charge in [0.2, 0.25) is 0 Å². The summed E-state index contributed by atoms with van der Waals surface area (Å²) in [6, 6.07) is 6.70. The van der Waals surface area contributed by atoms with Gasteiger partial charge in [0.1, 0.15) is 5.82 Å². The normalized spacial score (nSPS) is 19.7. The Hall–Kier alpha value is -0.850. The summed E-state index contributed by atoms with van der Waals surface area (Å²) in [6.07, 6.45) is 5.40. The summed E-state index contributed by atoms with van der Waals surface area (Å²) in [7, 11) is 0. The minimum atomic E-state index is -0.192. The highest BCUT2D eigenvalue weighted by Gasteiger charge is 2.43. The van der Waals surface area contributed by atoms with Crippen LogP contribution in [-0.2, 0) is 6.54 Å². The van der Waals surface area contributed by atoms with Crippen molar-refractivity contribution in [2.75, 3.05) is 19.6 Å². The van der Waals surface area contributed by atoms with Crippen molar-refractivity contribution in [3.8, 4) is 0 Å². The van der Waals surface area contributed by atoms with E-state index in [1.807, 2.05) is 6.07 Å². The zero-order valence-electron chi connectivity index (χ0n) is 13.1. The summed E-state index contributed by atoms with van der Waals surface area (Å²) >= 11 is 0. The van der Waals surface area contributed by atoms with E-state index in [2.05, 4.69) is 17.1 Å². The highest BCUT2D eigenvalue weighted by Crippen LogP contribution is 2.47. The fraction of sp³-hybridized carbons (Fsp3) is 0.588. The first-order valence-electron chi connectivity index (χ1n) is 7.98. The first-order valence-corrected chi connectivity index (χ1v) is 7.98. The Labute approximate surface area is 149 Å². The van der Waals surface area contributed by atoms with E-state index < -0.39 is 0 Å². The lowest BCUT2D eigenvalue weighted by Crippen LogP contribution is -2.42. The maximum atomic E-state index is 13.2. The van der Waals surface area contributed by atoms with E-state index >= 15 is 0 Å². The predicted molar refractivity (Wildman–Crippen MR) is 99.1 cm³/mol. The molecule has 1 aromatic rings. The summed E-state index contributed by atoms with van der Waals surface area (Å²) < 4.78 is 13.2. The molecule has 1 aliphatic heterocycles. The molecule has 2 fully saturated rings. The van der Waals surface area contributed by atoms with E-state index in [1.165, 1.54) is 31.7 Å². The van der Waals surface area contributed by atoms with Gasteiger partial charge in [-0.05, 0) is 49.3 Å². The van der Waals surface area contributed by atoms with Crippen LogP contribution in [0.5, 0.6) is 0 Å². The number of aliphatic imine (C=N–C) groups is 1. The maximum Gasteiger partial charge on any atom is 0.194 e. The Bertz CT molecular complexity index is 528. The van der Waals surface area contributed by atoms with E-state index in [0.717, 1.165) is 31.2 Å². The van der Waals surface area contributed by atoms with Crippen LogP contribution < -0.4 is 5.32 Å². The molecule has 1 spiro atoms. The number of halogens is 2. The van der Waals surface area contributed by atoms with Crippen LogP contribution in [0.15, 0.2) is 29.3 Å². The van der Waals surface area contributed by atoms with Crippen LogP contribution in [0, 0.1) is 11.2 Å². The Balaban J connectivity index is 0.00000176. The molecule has 5 heteroatoms. The molecule has 0 bridgehead atoms. The molecule has 3 rings (SSSR count). The second kappa shape index (κ2) is 7.62. The first-order chi connectivity index (χ1) is 10.2. The zero-order valence-corrected chi connectivity index (χ0v) is 15.5. The molecule has 1 N–H and O–H groups in total. The number of hydrogen-bond donors (Lipinski definition) is 1. The molecule has 22 heavy (non-hydrogen) atoms. The van der Waals surface area contributed by atoms with Crippen LogP contribution in [-0.4, -0.2) is 30.5 Å². The van der Waals surface area contributed by atoms with Gasteiger partial charge in [0.15, 0.2) is 5.96 Å². The standard InChI is InChI=1S/C17H24FN3.HI/c1-2-19-16(20-12-14-5-3-6-15(18)11-14)21-10-9-17(13-21)7-4-8-17;/h3,5-6,11H,2,4,7-10,12-13H2,1H3,(H,19,20);1H. The second-order valence-electron chi connectivity index (χ2n) is 6.33. The summed E-state index contributed by atoms with van der Waals surface area (Å²) in [4.78, 5) is 7.07. The molecule has 1 saturated heterocycles. The van der Waals surface area contributed by atoms with E-state index in [0.29, 0.717) is 12.0 Å². The Kier molecular flexibility index (Phi) is 6.06. The quantitative estimate of drug-likeness (QED) is 0.461. The SMILES string of the molecule is CCNC(=NCc1cccc(F)c1)N1CCC2(CCC2)C1.I. The van der Waals surface area contributed by atoms with Gasteiger partial charge in [-0.25, -0.2) is 9.38 Å². The molecular formula is C17H25FIN3. The molecule has 1 aromatic carbocycles. The summed E-state index contributed by atoms with van der Waals surface area (Å²) in [5, 5.41) is 3.38. The average Bonchev–Trinajstić information content (AvgIpc) is 2.89. The molecule has 1 aliphatic carbocycles. The van der Waals surface area contributed by atoms with Crippen molar-refractivity contribution in [2.45, 2.75) is 39.2 Å². The highest BCUT2D eigenvalue weighted by atomic mass is 127. The van der Waals surface area contributed by atoms with Gasteiger partial charge in [-0.15, -0.1) is 24.0 Å². The van der Waals surface area contributed by atoms with Crippen LogP contribution >= 0.6 is 24.0 Å². The van der Waals surface area contributed by atoms with Gasteiger partial charge in [0, 0.05) is 19.6 Å². The van der Waals surface area contributed by atoms with Gasteiger partial charge < -0.3 is 10.2 Å². The van der Waals surface area contributed by atoms with Crippen molar-refractivity contribution in [1.82, 2.24) is 10.2 Å². The van der Waals surface area contributed by atoms with E-state index in [1.54, 1.807) is 12.1 Å². The predicted octanol–water partition coefficient (Wildman–Crippen LogP) is 3.79. The van der Waals surface area contributed by atoms with Crippen molar-refractivity contribution >= 4 is 29.9 Å². The fourth-order valence-electron chi connectivity index (χ4n) is 3.43. The van der Waals surface area contributed by atoms with Crippen molar-refractivity contribution in [3.63, 3.8) is 0 Å². The topological polar surface area (TPSA) is 27.6 Å². The number of nitrogens with zero attached hydrogens (tertiary/aromatic N) is 2. The molecule has 0 aromatic heterocycles. The monoisotopic (exact) mass is 417 g/mol. The van der Waals surface area contributed by atoms with Gasteiger partial charge in [-0.2, -0.15) is 0 Å². The fourth-order valence-corrected chi connectivity index (χ4v) is 3.43. The van der Waals surface area contributed by atoms with Crippen LogP contribution in [0.25, 0.3) is 0 Å². The van der Waals surface area contributed by atoms with Gasteiger partial charge in [0.25, 0.3) is 0 Å². The van der Waals surface area contributed by atoms with E-state index in [9.17, 15) is 4.39 Å². The first kappa shape index (κ1) is 17.5. The second-order valence-corrected chi connectivity index (χ2v) is 6.33. The third-order valence-corrected chi connectivity index (χ3v) is 4.79. The van der Waals surface area contributed by atoms with Crippen molar-refractivity contribution < 1.29 is 4.39 Å². The zero-order chi connectivity index (χ0) is 14.7. The van der Waals surface area contributed by atoms with Crippen LogP contribution in [0.1, 0.15) is 38.2 Å². The number of nitrogens with one attached hydrogen (secondary N) is 1. The molecule has 122 valence electrons. The van der Waals surface area contributed by atoms with Gasteiger partial charge in [0.05, 0.1) is 6.54 Å². The lowest BCUT2D eigenvalue weighted by molar-refractivity contribution is 0.151. The van der Waals surface area contributed by atoms with Gasteiger partial charge >= 0.3 is 0 Å². The van der Waals surface area contributed by atoms with E-state index in [-0.39, 0.29) is 29.8 Å². The van der Waals surface area contributed by atoms with E-state index in [4.69, 9.17) is 4.99 Å². The van der Waals surface area contributed by atoms with Crippen LogP contribution in [0.3, 0.4) is 0 Å². The molecule has 0 amide bonds. The molecule has 3 nitrogen and oxygen atoms in total. The molecule has 2 aliphatic rings. The molecule has 1 heterocycles. The lowest BCUT2D eigenvalue weighted by atomic mass is 9.68. The molecule has 0 atom stereocenters. The summed E-state index contributed by atoms with van der Waals surface area (Å²) in [5.41, 5.74) is 1.48. The minimum Gasteiger partial charge on any atom is -0.357 e. The number of benzene rings is 1. The van der Waals surface area contributed by atoms with Gasteiger partial charge in [-0.1, -0.05) is 18.6 Å². The smallest absolute Gasteiger partial charge is 0.194 e. The highest BCUT2D eigenvalue weighted by molar-refractivity contribution is 14.0. The third kappa shape index (κ3) is 3.91. The number of guanidine groups is 1. The Morgan fingerprint density at radius 2 is 2.18 bits per heavy atom. The van der Waals surface area contributed by atoms with Crippen LogP contribution in [0.4, 0.5) is 4.39 Å². The van der Waals surface area contributed by atoms with Gasteiger partial charge in [-0.3, -0.25) is 0 Å². The summed E-state index contributed by atoms with van der Waals surface area (Å²) in [6.45, 7) is 5.71. The molecule has 0 radical (unpaired) electrons. The Morgan fingerprint density at radius 3 is 2.77 bits per heavy atom. The third-order valence-electron chi connectivity index (χ3n) is 4.79.